The lowest BCUT2D eigenvalue weighted by Crippen LogP contribution is -2.48. The van der Waals surface area contributed by atoms with E-state index in [4.69, 9.17) is 14.2 Å². The van der Waals surface area contributed by atoms with E-state index in [1.165, 1.54) is 13.5 Å². The highest BCUT2D eigenvalue weighted by Gasteiger charge is 2.34. The highest BCUT2D eigenvalue weighted by Crippen LogP contribution is 2.34. The van der Waals surface area contributed by atoms with Crippen molar-refractivity contribution >= 4 is 12.0 Å². The zero-order valence-electron chi connectivity index (χ0n) is 16.5. The van der Waals surface area contributed by atoms with Gasteiger partial charge in [0.25, 0.3) is 0 Å². The molecule has 0 bridgehead atoms. The molecule has 152 valence electrons. The van der Waals surface area contributed by atoms with Crippen LogP contribution in [0, 0.1) is 0 Å². The fourth-order valence-electron chi connectivity index (χ4n) is 3.72. The molecule has 3 rings (SSSR count). The van der Waals surface area contributed by atoms with Gasteiger partial charge < -0.3 is 24.8 Å². The van der Waals surface area contributed by atoms with E-state index < -0.39 is 12.0 Å². The summed E-state index contributed by atoms with van der Waals surface area (Å²) in [5, 5.41) is 5.64. The summed E-state index contributed by atoms with van der Waals surface area (Å²) < 4.78 is 15.7. The van der Waals surface area contributed by atoms with Gasteiger partial charge in [0.15, 0.2) is 11.5 Å². The quantitative estimate of drug-likeness (QED) is 0.723. The Kier molecular flexibility index (Phi) is 6.41. The van der Waals surface area contributed by atoms with Crippen molar-refractivity contribution in [3.05, 3.63) is 35.0 Å². The van der Waals surface area contributed by atoms with E-state index in [0.29, 0.717) is 34.9 Å². The van der Waals surface area contributed by atoms with Crippen LogP contribution in [0.15, 0.2) is 29.5 Å². The van der Waals surface area contributed by atoms with E-state index in [2.05, 4.69) is 15.5 Å². The Morgan fingerprint density at radius 3 is 2.46 bits per heavy atom. The molecule has 1 fully saturated rings. The van der Waals surface area contributed by atoms with Crippen LogP contribution in [-0.2, 0) is 9.53 Å². The molecular weight excluding hydrogens is 362 g/mol. The number of methoxy groups -OCH3 is 3. The van der Waals surface area contributed by atoms with Crippen LogP contribution in [0.1, 0.15) is 30.9 Å². The Bertz CT molecular complexity index is 771. The van der Waals surface area contributed by atoms with E-state index >= 15 is 0 Å². The monoisotopic (exact) mass is 389 g/mol. The lowest BCUT2D eigenvalue weighted by molar-refractivity contribution is -0.136. The maximum absolute atomic E-state index is 12.6. The number of urea groups is 1. The van der Waals surface area contributed by atoms with E-state index in [-0.39, 0.29) is 6.03 Å². The zero-order chi connectivity index (χ0) is 20.1. The van der Waals surface area contributed by atoms with Gasteiger partial charge in [-0.3, -0.25) is 4.90 Å². The maximum atomic E-state index is 12.6. The van der Waals surface area contributed by atoms with Gasteiger partial charge in [0.05, 0.1) is 32.9 Å². The van der Waals surface area contributed by atoms with Crippen molar-refractivity contribution in [1.29, 1.82) is 0 Å². The smallest absolute Gasteiger partial charge is 0.338 e. The van der Waals surface area contributed by atoms with Crippen LogP contribution in [0.2, 0.25) is 0 Å². The molecule has 2 aliphatic heterocycles. The van der Waals surface area contributed by atoms with Crippen LogP contribution in [-0.4, -0.2) is 57.9 Å². The molecule has 0 unspecified atom stereocenters. The molecule has 8 nitrogen and oxygen atoms in total. The SMILES string of the molecule is COC(=O)C1=C(CN2CCCCC2)NC(=O)N[C@H]1c1ccc(OC)c(OC)c1. The van der Waals surface area contributed by atoms with Crippen LogP contribution in [0.4, 0.5) is 4.79 Å². The largest absolute Gasteiger partial charge is 0.493 e. The minimum absolute atomic E-state index is 0.348. The second kappa shape index (κ2) is 8.97. The first kappa shape index (κ1) is 20.0. The minimum atomic E-state index is -0.638. The minimum Gasteiger partial charge on any atom is -0.493 e. The second-order valence-corrected chi connectivity index (χ2v) is 6.87. The third kappa shape index (κ3) is 4.22. The number of hydrogen-bond donors (Lipinski definition) is 2. The van der Waals surface area contributed by atoms with Gasteiger partial charge in [-0.2, -0.15) is 0 Å². The number of carbonyl (C=O) groups is 2. The van der Waals surface area contributed by atoms with Crippen molar-refractivity contribution in [3.63, 3.8) is 0 Å². The van der Waals surface area contributed by atoms with Crippen LogP contribution < -0.4 is 20.1 Å². The van der Waals surface area contributed by atoms with Gasteiger partial charge in [0.2, 0.25) is 0 Å². The first-order valence-electron chi connectivity index (χ1n) is 9.40. The summed E-state index contributed by atoms with van der Waals surface area (Å²) in [6.07, 6.45) is 3.44. The molecule has 8 heteroatoms. The summed E-state index contributed by atoms with van der Waals surface area (Å²) in [6.45, 7) is 2.40. The number of nitrogens with zero attached hydrogens (tertiary/aromatic N) is 1. The molecule has 0 aliphatic carbocycles. The third-order valence-electron chi connectivity index (χ3n) is 5.13. The summed E-state index contributed by atoms with van der Waals surface area (Å²) in [6, 6.07) is 4.33. The average Bonchev–Trinajstić information content (AvgIpc) is 2.73. The van der Waals surface area contributed by atoms with Crippen molar-refractivity contribution in [2.45, 2.75) is 25.3 Å². The van der Waals surface area contributed by atoms with Crippen molar-refractivity contribution in [2.24, 2.45) is 0 Å². The molecule has 1 atom stereocenters. The molecule has 1 aromatic carbocycles. The first-order chi connectivity index (χ1) is 13.6. The molecule has 2 amide bonds. The van der Waals surface area contributed by atoms with E-state index in [0.717, 1.165) is 25.9 Å². The topological polar surface area (TPSA) is 89.1 Å². The van der Waals surface area contributed by atoms with Gasteiger partial charge in [0, 0.05) is 12.2 Å². The Hall–Kier alpha value is -2.74. The molecule has 2 N–H and O–H groups in total. The molecular formula is C20H27N3O5. The molecule has 0 radical (unpaired) electrons. The zero-order valence-corrected chi connectivity index (χ0v) is 16.5. The number of piperidine rings is 1. The van der Waals surface area contributed by atoms with Crippen LogP contribution in [0.25, 0.3) is 0 Å². The van der Waals surface area contributed by atoms with Gasteiger partial charge in [-0.1, -0.05) is 12.5 Å². The van der Waals surface area contributed by atoms with Crippen molar-refractivity contribution in [3.8, 4) is 11.5 Å². The fraction of sp³-hybridized carbons (Fsp3) is 0.500. The number of ether oxygens (including phenoxy) is 3. The molecule has 1 aromatic rings. The number of carbonyl (C=O) groups excluding carboxylic acids is 2. The summed E-state index contributed by atoms with van der Waals surface area (Å²) >= 11 is 0. The number of hydrogen-bond acceptors (Lipinski definition) is 6. The molecule has 28 heavy (non-hydrogen) atoms. The first-order valence-corrected chi connectivity index (χ1v) is 9.40. The van der Waals surface area contributed by atoms with Gasteiger partial charge in [-0.15, -0.1) is 0 Å². The summed E-state index contributed by atoms with van der Waals surface area (Å²) in [5.74, 6) is 0.623. The summed E-state index contributed by atoms with van der Waals surface area (Å²) in [5.41, 5.74) is 1.70. The molecule has 0 saturated carbocycles. The summed E-state index contributed by atoms with van der Waals surface area (Å²) in [4.78, 5) is 27.2. The van der Waals surface area contributed by atoms with Crippen LogP contribution in [0.5, 0.6) is 11.5 Å². The maximum Gasteiger partial charge on any atom is 0.338 e. The lowest BCUT2D eigenvalue weighted by Gasteiger charge is -2.33. The van der Waals surface area contributed by atoms with E-state index in [9.17, 15) is 9.59 Å². The molecule has 0 aromatic heterocycles. The van der Waals surface area contributed by atoms with Crippen LogP contribution in [0.3, 0.4) is 0 Å². The lowest BCUT2D eigenvalue weighted by atomic mass is 9.94. The highest BCUT2D eigenvalue weighted by molar-refractivity contribution is 5.95. The number of esters is 1. The van der Waals surface area contributed by atoms with Gasteiger partial charge in [0.1, 0.15) is 0 Å². The summed E-state index contributed by atoms with van der Waals surface area (Å²) in [7, 11) is 4.44. The van der Waals surface area contributed by atoms with Crippen molar-refractivity contribution in [2.75, 3.05) is 41.0 Å². The molecule has 0 spiro atoms. The highest BCUT2D eigenvalue weighted by atomic mass is 16.5. The van der Waals surface area contributed by atoms with E-state index in [1.54, 1.807) is 32.4 Å². The third-order valence-corrected chi connectivity index (χ3v) is 5.13. The Morgan fingerprint density at radius 2 is 1.82 bits per heavy atom. The number of benzene rings is 1. The molecule has 1 saturated heterocycles. The predicted molar refractivity (Wildman–Crippen MR) is 103 cm³/mol. The predicted octanol–water partition coefficient (Wildman–Crippen LogP) is 1.97. The number of rotatable bonds is 6. The second-order valence-electron chi connectivity index (χ2n) is 6.87. The molecule has 2 aliphatic rings. The normalized spacial score (nSPS) is 20.2. The Morgan fingerprint density at radius 1 is 1.11 bits per heavy atom. The van der Waals surface area contributed by atoms with Crippen LogP contribution >= 0.6 is 0 Å². The number of amides is 2. The number of nitrogens with one attached hydrogen (secondary N) is 2. The molecule has 2 heterocycles. The van der Waals surface area contributed by atoms with Gasteiger partial charge in [-0.25, -0.2) is 9.59 Å². The van der Waals surface area contributed by atoms with E-state index in [1.807, 2.05) is 0 Å². The number of likely N-dealkylation sites (tertiary alicyclic amines) is 1. The average molecular weight is 389 g/mol. The van der Waals surface area contributed by atoms with Gasteiger partial charge >= 0.3 is 12.0 Å². The Balaban J connectivity index is 2.00. The fourth-order valence-corrected chi connectivity index (χ4v) is 3.72. The van der Waals surface area contributed by atoms with Crippen molar-refractivity contribution < 1.29 is 23.8 Å². The standard InChI is InChI=1S/C20H27N3O5/c1-26-15-8-7-13(11-16(15)27-2)18-17(19(24)28-3)14(21-20(25)22-18)12-23-9-5-4-6-10-23/h7-8,11,18H,4-6,9-10,12H2,1-3H3,(H2,21,22,25)/t18-/m0/s1. The van der Waals surface area contributed by atoms with Gasteiger partial charge in [-0.05, 0) is 43.6 Å². The van der Waals surface area contributed by atoms with Crippen molar-refractivity contribution in [1.82, 2.24) is 15.5 Å². The Labute approximate surface area is 164 Å².